The molecule has 0 aromatic heterocycles. The van der Waals surface area contributed by atoms with Gasteiger partial charge < -0.3 is 10.5 Å². The molecular weight excluding hydrogens is 220 g/mol. The zero-order valence-electron chi connectivity index (χ0n) is 9.61. The number of nitrogens with two attached hydrogens (primary N) is 1. The van der Waals surface area contributed by atoms with Crippen molar-refractivity contribution in [3.8, 4) is 5.75 Å². The van der Waals surface area contributed by atoms with E-state index < -0.39 is 0 Å². The Bertz CT molecular complexity index is 351. The van der Waals surface area contributed by atoms with Crippen molar-refractivity contribution in [2.75, 3.05) is 37.4 Å². The second kappa shape index (κ2) is 5.46. The van der Waals surface area contributed by atoms with Crippen LogP contribution in [-0.2, 0) is 6.54 Å². The summed E-state index contributed by atoms with van der Waals surface area (Å²) in [6, 6.07) is 5.96. The number of anilines is 1. The highest BCUT2D eigenvalue weighted by atomic mass is 32.2. The fourth-order valence-corrected chi connectivity index (χ4v) is 2.89. The second-order valence-corrected chi connectivity index (χ2v) is 5.23. The molecule has 16 heavy (non-hydrogen) atoms. The molecule has 0 amide bonds. The van der Waals surface area contributed by atoms with E-state index in [1.54, 1.807) is 7.11 Å². The molecule has 4 heteroatoms. The third-order valence-corrected chi connectivity index (χ3v) is 3.68. The topological polar surface area (TPSA) is 38.5 Å². The van der Waals surface area contributed by atoms with E-state index in [-0.39, 0.29) is 0 Å². The molecule has 0 radical (unpaired) electrons. The lowest BCUT2D eigenvalue weighted by atomic mass is 10.1. The van der Waals surface area contributed by atoms with E-state index in [0.717, 1.165) is 18.0 Å². The number of ether oxygens (including phenoxy) is 1. The lowest BCUT2D eigenvalue weighted by Gasteiger charge is -2.26. The van der Waals surface area contributed by atoms with Gasteiger partial charge in [0.2, 0.25) is 0 Å². The summed E-state index contributed by atoms with van der Waals surface area (Å²) in [6.07, 6.45) is 0. The van der Waals surface area contributed by atoms with Gasteiger partial charge in [-0.1, -0.05) is 0 Å². The Morgan fingerprint density at radius 2 is 2.06 bits per heavy atom. The Kier molecular flexibility index (Phi) is 3.96. The van der Waals surface area contributed by atoms with Gasteiger partial charge in [0.15, 0.2) is 0 Å². The predicted molar refractivity (Wildman–Crippen MR) is 70.0 cm³/mol. The van der Waals surface area contributed by atoms with Gasteiger partial charge in [-0.3, -0.25) is 4.90 Å². The molecule has 0 bridgehead atoms. The van der Waals surface area contributed by atoms with E-state index >= 15 is 0 Å². The standard InChI is InChI=1S/C12H18N2OS/c1-15-12-7-10(6-11(13)8-12)9-14-2-4-16-5-3-14/h6-8H,2-5,9,13H2,1H3. The molecule has 0 unspecified atom stereocenters. The van der Waals surface area contributed by atoms with Crippen molar-refractivity contribution in [2.45, 2.75) is 6.54 Å². The predicted octanol–water partition coefficient (Wildman–Crippen LogP) is 1.83. The molecule has 1 aliphatic heterocycles. The number of hydrogen-bond donors (Lipinski definition) is 1. The third kappa shape index (κ3) is 3.06. The molecule has 0 spiro atoms. The number of nitrogens with zero attached hydrogens (tertiary/aromatic N) is 1. The molecule has 2 N–H and O–H groups in total. The number of hydrogen-bond acceptors (Lipinski definition) is 4. The summed E-state index contributed by atoms with van der Waals surface area (Å²) in [7, 11) is 1.68. The largest absolute Gasteiger partial charge is 0.497 e. The number of benzene rings is 1. The van der Waals surface area contributed by atoms with Gasteiger partial charge in [0.25, 0.3) is 0 Å². The van der Waals surface area contributed by atoms with Gasteiger partial charge in [0, 0.05) is 42.9 Å². The summed E-state index contributed by atoms with van der Waals surface area (Å²) < 4.78 is 5.22. The smallest absolute Gasteiger partial charge is 0.121 e. The summed E-state index contributed by atoms with van der Waals surface area (Å²) >= 11 is 2.03. The fourth-order valence-electron chi connectivity index (χ4n) is 1.91. The van der Waals surface area contributed by atoms with Crippen molar-refractivity contribution in [1.82, 2.24) is 4.90 Å². The Labute approximate surface area is 101 Å². The van der Waals surface area contributed by atoms with Crippen LogP contribution < -0.4 is 10.5 Å². The normalized spacial score (nSPS) is 17.3. The first-order valence-corrected chi connectivity index (χ1v) is 6.67. The van der Waals surface area contributed by atoms with Gasteiger partial charge in [-0.15, -0.1) is 0 Å². The van der Waals surface area contributed by atoms with E-state index in [2.05, 4.69) is 11.0 Å². The molecule has 0 aliphatic carbocycles. The van der Waals surface area contributed by atoms with Crippen LogP contribution in [0.25, 0.3) is 0 Å². The van der Waals surface area contributed by atoms with Crippen LogP contribution in [0, 0.1) is 0 Å². The average Bonchev–Trinajstić information content (AvgIpc) is 2.29. The van der Waals surface area contributed by atoms with Crippen molar-refractivity contribution in [3.05, 3.63) is 23.8 Å². The summed E-state index contributed by atoms with van der Waals surface area (Å²) in [5, 5.41) is 0. The third-order valence-electron chi connectivity index (χ3n) is 2.73. The number of nitrogen functional groups attached to an aromatic ring is 1. The Morgan fingerprint density at radius 1 is 1.31 bits per heavy atom. The summed E-state index contributed by atoms with van der Waals surface area (Å²) in [4.78, 5) is 2.46. The van der Waals surface area contributed by atoms with Crippen molar-refractivity contribution in [1.29, 1.82) is 0 Å². The van der Waals surface area contributed by atoms with E-state index in [4.69, 9.17) is 10.5 Å². The molecule has 1 aromatic carbocycles. The van der Waals surface area contributed by atoms with Gasteiger partial charge in [0.1, 0.15) is 5.75 Å². The van der Waals surface area contributed by atoms with Crippen LogP contribution in [0.5, 0.6) is 5.75 Å². The number of rotatable bonds is 3. The lowest BCUT2D eigenvalue weighted by molar-refractivity contribution is 0.294. The molecule has 0 saturated carbocycles. The molecule has 3 nitrogen and oxygen atoms in total. The SMILES string of the molecule is COc1cc(N)cc(CN2CCSCC2)c1. The van der Waals surface area contributed by atoms with Gasteiger partial charge in [-0.05, 0) is 17.7 Å². The van der Waals surface area contributed by atoms with E-state index in [1.807, 2.05) is 23.9 Å². The molecular formula is C12H18N2OS. The van der Waals surface area contributed by atoms with Crippen LogP contribution in [0.2, 0.25) is 0 Å². The molecule has 2 rings (SSSR count). The maximum Gasteiger partial charge on any atom is 0.121 e. The zero-order chi connectivity index (χ0) is 11.4. The van der Waals surface area contributed by atoms with Gasteiger partial charge in [0.05, 0.1) is 7.11 Å². The highest BCUT2D eigenvalue weighted by Gasteiger charge is 2.11. The van der Waals surface area contributed by atoms with E-state index in [9.17, 15) is 0 Å². The summed E-state index contributed by atoms with van der Waals surface area (Å²) in [6.45, 7) is 3.31. The molecule has 1 fully saturated rings. The van der Waals surface area contributed by atoms with Crippen molar-refractivity contribution >= 4 is 17.4 Å². The lowest BCUT2D eigenvalue weighted by Crippen LogP contribution is -2.31. The monoisotopic (exact) mass is 238 g/mol. The average molecular weight is 238 g/mol. The van der Waals surface area contributed by atoms with Gasteiger partial charge in [-0.25, -0.2) is 0 Å². The Balaban J connectivity index is 2.04. The van der Waals surface area contributed by atoms with Crippen LogP contribution in [-0.4, -0.2) is 36.6 Å². The number of methoxy groups -OCH3 is 1. The second-order valence-electron chi connectivity index (χ2n) is 4.00. The Morgan fingerprint density at radius 3 is 2.75 bits per heavy atom. The van der Waals surface area contributed by atoms with Crippen LogP contribution in [0.4, 0.5) is 5.69 Å². The maximum atomic E-state index is 5.84. The minimum Gasteiger partial charge on any atom is -0.497 e. The molecule has 88 valence electrons. The van der Waals surface area contributed by atoms with E-state index in [1.165, 1.54) is 30.2 Å². The molecule has 1 aromatic rings. The Hall–Kier alpha value is -0.870. The van der Waals surface area contributed by atoms with Crippen LogP contribution in [0.1, 0.15) is 5.56 Å². The maximum absolute atomic E-state index is 5.84. The number of thioether (sulfide) groups is 1. The van der Waals surface area contributed by atoms with Crippen molar-refractivity contribution < 1.29 is 4.74 Å². The van der Waals surface area contributed by atoms with Gasteiger partial charge in [-0.2, -0.15) is 11.8 Å². The highest BCUT2D eigenvalue weighted by molar-refractivity contribution is 7.99. The fraction of sp³-hybridized carbons (Fsp3) is 0.500. The van der Waals surface area contributed by atoms with Crippen LogP contribution >= 0.6 is 11.8 Å². The zero-order valence-corrected chi connectivity index (χ0v) is 10.4. The minimum atomic E-state index is 0.778. The van der Waals surface area contributed by atoms with Crippen molar-refractivity contribution in [2.24, 2.45) is 0 Å². The first-order chi connectivity index (χ1) is 7.78. The summed E-state index contributed by atoms with van der Waals surface area (Å²) in [5.74, 6) is 3.32. The van der Waals surface area contributed by atoms with Gasteiger partial charge >= 0.3 is 0 Å². The van der Waals surface area contributed by atoms with E-state index in [0.29, 0.717) is 0 Å². The van der Waals surface area contributed by atoms with Crippen LogP contribution in [0.3, 0.4) is 0 Å². The molecule has 1 saturated heterocycles. The minimum absolute atomic E-state index is 0.778. The molecule has 1 aliphatic rings. The summed E-state index contributed by atoms with van der Waals surface area (Å²) in [5.41, 5.74) is 7.86. The first kappa shape index (κ1) is 11.6. The molecule has 0 atom stereocenters. The van der Waals surface area contributed by atoms with Crippen LogP contribution in [0.15, 0.2) is 18.2 Å². The first-order valence-electron chi connectivity index (χ1n) is 5.51. The highest BCUT2D eigenvalue weighted by Crippen LogP contribution is 2.20. The van der Waals surface area contributed by atoms with Crippen molar-refractivity contribution in [3.63, 3.8) is 0 Å². The molecule has 1 heterocycles. The quantitative estimate of drug-likeness (QED) is 0.815.